The van der Waals surface area contributed by atoms with E-state index in [1.165, 1.54) is 11.8 Å². The van der Waals surface area contributed by atoms with Crippen molar-refractivity contribution in [3.8, 4) is 0 Å². The number of nitrogens with one attached hydrogen (secondary N) is 2. The fourth-order valence-corrected chi connectivity index (χ4v) is 1.58. The van der Waals surface area contributed by atoms with E-state index >= 15 is 0 Å². The van der Waals surface area contributed by atoms with Crippen LogP contribution in [0.3, 0.4) is 0 Å². The first-order valence-electron chi connectivity index (χ1n) is 4.28. The summed E-state index contributed by atoms with van der Waals surface area (Å²) in [5, 5.41) is 9.63. The molecule has 6 heteroatoms. The minimum atomic E-state index is -0.227. The molecule has 15 heavy (non-hydrogen) atoms. The number of thioether (sulfide) groups is 1. The lowest BCUT2D eigenvalue weighted by Crippen LogP contribution is -2.21. The zero-order chi connectivity index (χ0) is 11.3. The van der Waals surface area contributed by atoms with Crippen molar-refractivity contribution in [2.24, 2.45) is 5.73 Å². The summed E-state index contributed by atoms with van der Waals surface area (Å²) >= 11 is 1.17. The molecule has 0 saturated heterocycles. The largest absolute Gasteiger partial charge is 0.379 e. The maximum absolute atomic E-state index is 11.4. The van der Waals surface area contributed by atoms with Crippen LogP contribution in [0.15, 0.2) is 18.3 Å². The fourth-order valence-electron chi connectivity index (χ4n) is 1.03. The Balaban J connectivity index is 2.86. The van der Waals surface area contributed by atoms with Crippen LogP contribution in [0.4, 0.5) is 0 Å². The van der Waals surface area contributed by atoms with Gasteiger partial charge in [0, 0.05) is 19.0 Å². The van der Waals surface area contributed by atoms with E-state index in [1.54, 1.807) is 25.4 Å². The van der Waals surface area contributed by atoms with Crippen molar-refractivity contribution in [3.63, 3.8) is 0 Å². The van der Waals surface area contributed by atoms with E-state index in [0.29, 0.717) is 11.4 Å². The average Bonchev–Trinajstić information content (AvgIpc) is 2.25. The normalized spacial score (nSPS) is 9.67. The molecule has 80 valence electrons. The molecular weight excluding hydrogens is 212 g/mol. The summed E-state index contributed by atoms with van der Waals surface area (Å²) in [5.41, 5.74) is 6.38. The first kappa shape index (κ1) is 11.5. The molecule has 1 rings (SSSR count). The third-order valence-electron chi connectivity index (χ3n) is 1.72. The summed E-state index contributed by atoms with van der Waals surface area (Å²) in [5.74, 6) is 0.251. The van der Waals surface area contributed by atoms with Gasteiger partial charge in [-0.1, -0.05) is 17.8 Å². The Morgan fingerprint density at radius 1 is 1.73 bits per heavy atom. The summed E-state index contributed by atoms with van der Waals surface area (Å²) in [6.07, 6.45) is 1.56. The van der Waals surface area contributed by atoms with Gasteiger partial charge in [0.1, 0.15) is 5.69 Å². The number of carbonyl (C=O) groups excluding carboxylic acids is 1. The molecule has 0 aromatic carbocycles. The molecule has 0 bridgehead atoms. The highest BCUT2D eigenvalue weighted by molar-refractivity contribution is 8.13. The van der Waals surface area contributed by atoms with Gasteiger partial charge in [0.2, 0.25) is 0 Å². The number of rotatable bonds is 3. The Hall–Kier alpha value is -1.56. The molecule has 0 radical (unpaired) electrons. The van der Waals surface area contributed by atoms with Gasteiger partial charge in [0.15, 0.2) is 5.17 Å². The standard InChI is InChI=1S/C9H12N4OS/c1-12-8(14)7-6(3-2-4-13-7)5-15-9(10)11/h2-4H,5H2,1H3,(H3,10,11)(H,12,14). The number of amidine groups is 1. The zero-order valence-corrected chi connectivity index (χ0v) is 9.10. The first-order valence-corrected chi connectivity index (χ1v) is 5.26. The molecule has 0 aliphatic carbocycles. The number of nitrogens with two attached hydrogens (primary N) is 1. The predicted molar refractivity (Wildman–Crippen MR) is 60.8 cm³/mol. The Morgan fingerprint density at radius 3 is 3.07 bits per heavy atom. The highest BCUT2D eigenvalue weighted by Crippen LogP contribution is 2.14. The van der Waals surface area contributed by atoms with Crippen LogP contribution in [0.5, 0.6) is 0 Å². The smallest absolute Gasteiger partial charge is 0.269 e. The van der Waals surface area contributed by atoms with Crippen molar-refractivity contribution in [2.75, 3.05) is 7.05 Å². The summed E-state index contributed by atoms with van der Waals surface area (Å²) < 4.78 is 0. The van der Waals surface area contributed by atoms with E-state index in [9.17, 15) is 4.79 Å². The van der Waals surface area contributed by atoms with Crippen LogP contribution in [0, 0.1) is 5.41 Å². The summed E-state index contributed by atoms with van der Waals surface area (Å²) in [4.78, 5) is 15.4. The second-order valence-corrected chi connectivity index (χ2v) is 3.76. The van der Waals surface area contributed by atoms with Crippen molar-refractivity contribution < 1.29 is 4.79 Å². The Labute approximate surface area is 92.0 Å². The van der Waals surface area contributed by atoms with Gasteiger partial charge in [-0.2, -0.15) is 0 Å². The van der Waals surface area contributed by atoms with Crippen LogP contribution < -0.4 is 11.1 Å². The number of carbonyl (C=O) groups is 1. The molecule has 0 fully saturated rings. The van der Waals surface area contributed by atoms with Gasteiger partial charge >= 0.3 is 0 Å². The fraction of sp³-hybridized carbons (Fsp3) is 0.222. The Morgan fingerprint density at radius 2 is 2.47 bits per heavy atom. The average molecular weight is 224 g/mol. The molecule has 1 amide bonds. The van der Waals surface area contributed by atoms with Gasteiger partial charge < -0.3 is 11.1 Å². The molecule has 5 nitrogen and oxygen atoms in total. The van der Waals surface area contributed by atoms with Crippen LogP contribution >= 0.6 is 11.8 Å². The second kappa shape index (κ2) is 5.35. The van der Waals surface area contributed by atoms with Crippen molar-refractivity contribution in [1.29, 1.82) is 5.41 Å². The lowest BCUT2D eigenvalue weighted by atomic mass is 10.2. The van der Waals surface area contributed by atoms with Crippen LogP contribution in [0.25, 0.3) is 0 Å². The van der Waals surface area contributed by atoms with Crippen LogP contribution in [-0.4, -0.2) is 23.1 Å². The molecule has 4 N–H and O–H groups in total. The molecule has 1 aromatic heterocycles. The molecule has 0 spiro atoms. The number of aromatic nitrogens is 1. The van der Waals surface area contributed by atoms with E-state index in [-0.39, 0.29) is 11.1 Å². The van der Waals surface area contributed by atoms with Crippen molar-refractivity contribution in [3.05, 3.63) is 29.6 Å². The SMILES string of the molecule is CNC(=O)c1ncccc1CSC(=N)N. The van der Waals surface area contributed by atoms with E-state index < -0.39 is 0 Å². The third kappa shape index (κ3) is 3.25. The number of hydrogen-bond donors (Lipinski definition) is 3. The summed E-state index contributed by atoms with van der Waals surface area (Å²) in [7, 11) is 1.55. The van der Waals surface area contributed by atoms with Gasteiger partial charge in [-0.3, -0.25) is 15.2 Å². The lowest BCUT2D eigenvalue weighted by molar-refractivity contribution is 0.0957. The van der Waals surface area contributed by atoms with Crippen LogP contribution in [0.1, 0.15) is 16.1 Å². The van der Waals surface area contributed by atoms with Crippen molar-refractivity contribution in [2.45, 2.75) is 5.75 Å². The van der Waals surface area contributed by atoms with Gasteiger partial charge in [-0.05, 0) is 11.6 Å². The van der Waals surface area contributed by atoms with E-state index in [2.05, 4.69) is 10.3 Å². The number of pyridine rings is 1. The zero-order valence-electron chi connectivity index (χ0n) is 8.28. The summed E-state index contributed by atoms with van der Waals surface area (Å²) in [6, 6.07) is 3.55. The van der Waals surface area contributed by atoms with E-state index in [1.807, 2.05) is 0 Å². The van der Waals surface area contributed by atoms with Crippen molar-refractivity contribution in [1.82, 2.24) is 10.3 Å². The predicted octanol–water partition coefficient (Wildman–Crippen LogP) is 0.568. The van der Waals surface area contributed by atoms with E-state index in [0.717, 1.165) is 5.56 Å². The van der Waals surface area contributed by atoms with Gasteiger partial charge in [-0.15, -0.1) is 0 Å². The Bertz CT molecular complexity index is 380. The molecular formula is C9H12N4OS. The number of hydrogen-bond acceptors (Lipinski definition) is 4. The monoisotopic (exact) mass is 224 g/mol. The second-order valence-electron chi connectivity index (χ2n) is 2.74. The maximum Gasteiger partial charge on any atom is 0.269 e. The van der Waals surface area contributed by atoms with Gasteiger partial charge in [0.05, 0.1) is 0 Å². The highest BCUT2D eigenvalue weighted by atomic mass is 32.2. The summed E-state index contributed by atoms with van der Waals surface area (Å²) in [6.45, 7) is 0. The molecule has 1 heterocycles. The third-order valence-corrected chi connectivity index (χ3v) is 2.48. The maximum atomic E-state index is 11.4. The number of nitrogens with zero attached hydrogens (tertiary/aromatic N) is 1. The molecule has 1 aromatic rings. The van der Waals surface area contributed by atoms with Gasteiger partial charge in [-0.25, -0.2) is 0 Å². The molecule has 0 aliphatic rings. The highest BCUT2D eigenvalue weighted by Gasteiger charge is 2.10. The number of amides is 1. The quantitative estimate of drug-likeness (QED) is 0.517. The van der Waals surface area contributed by atoms with Crippen LogP contribution in [0.2, 0.25) is 0 Å². The lowest BCUT2D eigenvalue weighted by Gasteiger charge is -2.05. The molecule has 0 atom stereocenters. The molecule has 0 unspecified atom stereocenters. The topological polar surface area (TPSA) is 91.9 Å². The van der Waals surface area contributed by atoms with E-state index in [4.69, 9.17) is 11.1 Å². The minimum absolute atomic E-state index is 0.0294. The first-order chi connectivity index (χ1) is 7.15. The minimum Gasteiger partial charge on any atom is -0.379 e. The molecule has 0 saturated carbocycles. The van der Waals surface area contributed by atoms with Crippen molar-refractivity contribution >= 4 is 22.8 Å². The van der Waals surface area contributed by atoms with Crippen LogP contribution in [-0.2, 0) is 5.75 Å². The Kier molecular flexibility index (Phi) is 4.11. The van der Waals surface area contributed by atoms with Gasteiger partial charge in [0.25, 0.3) is 5.91 Å². The molecule has 0 aliphatic heterocycles.